The third kappa shape index (κ3) is 6.26. The Labute approximate surface area is 108 Å². The quantitative estimate of drug-likeness (QED) is 0.820. The second-order valence-electron chi connectivity index (χ2n) is 3.42. The number of amides is 1. The van der Waals surface area contributed by atoms with Crippen LogP contribution in [0.15, 0.2) is 24.3 Å². The summed E-state index contributed by atoms with van der Waals surface area (Å²) >= 11 is 0. The Morgan fingerprint density at radius 2 is 2.24 bits per heavy atom. The predicted molar refractivity (Wildman–Crippen MR) is 71.3 cm³/mol. The van der Waals surface area contributed by atoms with Crippen molar-refractivity contribution < 1.29 is 9.53 Å². The van der Waals surface area contributed by atoms with Gasteiger partial charge in [-0.15, -0.1) is 12.4 Å². The van der Waals surface area contributed by atoms with E-state index in [4.69, 9.17) is 10.5 Å². The van der Waals surface area contributed by atoms with E-state index in [1.165, 1.54) is 0 Å². The van der Waals surface area contributed by atoms with Gasteiger partial charge in [0.2, 0.25) is 5.91 Å². The van der Waals surface area contributed by atoms with Crippen LogP contribution in [0.25, 0.3) is 0 Å². The zero-order valence-corrected chi connectivity index (χ0v) is 10.8. The Bertz CT molecular complexity index is 345. The lowest BCUT2D eigenvalue weighted by atomic mass is 10.2. The van der Waals surface area contributed by atoms with Crippen molar-refractivity contribution in [3.8, 4) is 0 Å². The molecule has 0 atom stereocenters. The van der Waals surface area contributed by atoms with Crippen LogP contribution in [0.5, 0.6) is 0 Å². The van der Waals surface area contributed by atoms with E-state index in [1.54, 1.807) is 0 Å². The van der Waals surface area contributed by atoms with Crippen LogP contribution in [0.3, 0.4) is 0 Å². The van der Waals surface area contributed by atoms with E-state index in [9.17, 15) is 4.79 Å². The second-order valence-corrected chi connectivity index (χ2v) is 3.42. The van der Waals surface area contributed by atoms with E-state index in [0.29, 0.717) is 26.2 Å². The first-order chi connectivity index (χ1) is 7.76. The highest BCUT2D eigenvalue weighted by molar-refractivity contribution is 5.90. The zero-order valence-electron chi connectivity index (χ0n) is 9.94. The summed E-state index contributed by atoms with van der Waals surface area (Å²) in [5.74, 6) is -0.0592. The van der Waals surface area contributed by atoms with Crippen molar-refractivity contribution in [1.29, 1.82) is 0 Å². The lowest BCUT2D eigenvalue weighted by molar-refractivity contribution is -0.116. The molecule has 1 aromatic rings. The lowest BCUT2D eigenvalue weighted by Gasteiger charge is -2.07. The van der Waals surface area contributed by atoms with Gasteiger partial charge in [-0.25, -0.2) is 0 Å². The Morgan fingerprint density at radius 1 is 1.47 bits per heavy atom. The van der Waals surface area contributed by atoms with Gasteiger partial charge in [0.25, 0.3) is 0 Å². The summed E-state index contributed by atoms with van der Waals surface area (Å²) in [6.07, 6.45) is 0.343. The Morgan fingerprint density at radius 3 is 2.88 bits per heavy atom. The maximum absolute atomic E-state index is 11.3. The highest BCUT2D eigenvalue weighted by Gasteiger charge is 2.01. The maximum atomic E-state index is 11.3. The van der Waals surface area contributed by atoms with Crippen LogP contribution >= 0.6 is 12.4 Å². The molecule has 3 N–H and O–H groups in total. The number of nitrogens with one attached hydrogen (secondary N) is 1. The van der Waals surface area contributed by atoms with E-state index in [2.05, 4.69) is 5.32 Å². The summed E-state index contributed by atoms with van der Waals surface area (Å²) in [5.41, 5.74) is 7.13. The number of anilines is 1. The van der Waals surface area contributed by atoms with Crippen molar-refractivity contribution >= 4 is 24.0 Å². The highest BCUT2D eigenvalue weighted by atomic mass is 35.5. The number of hydrogen-bond acceptors (Lipinski definition) is 3. The van der Waals surface area contributed by atoms with Gasteiger partial charge >= 0.3 is 0 Å². The second kappa shape index (κ2) is 8.98. The first-order valence-electron chi connectivity index (χ1n) is 5.43. The van der Waals surface area contributed by atoms with E-state index in [1.807, 2.05) is 31.2 Å². The number of rotatable bonds is 6. The molecule has 1 amide bonds. The molecule has 0 fully saturated rings. The predicted octanol–water partition coefficient (Wildman–Crippen LogP) is 1.93. The topological polar surface area (TPSA) is 64.3 Å². The first kappa shape index (κ1) is 15.9. The lowest BCUT2D eigenvalue weighted by Crippen LogP contribution is -2.16. The smallest absolute Gasteiger partial charge is 0.225 e. The molecular formula is C12H19ClN2O2. The molecule has 1 rings (SSSR count). The van der Waals surface area contributed by atoms with E-state index in [-0.39, 0.29) is 18.3 Å². The van der Waals surface area contributed by atoms with Gasteiger partial charge in [0.15, 0.2) is 0 Å². The summed E-state index contributed by atoms with van der Waals surface area (Å²) in [4.78, 5) is 11.3. The third-order valence-corrected chi connectivity index (χ3v) is 2.05. The van der Waals surface area contributed by atoms with E-state index in [0.717, 1.165) is 11.3 Å². The Hall–Kier alpha value is -1.10. The van der Waals surface area contributed by atoms with Crippen molar-refractivity contribution in [2.45, 2.75) is 20.0 Å². The van der Waals surface area contributed by atoms with Crippen LogP contribution < -0.4 is 11.1 Å². The Balaban J connectivity index is 0.00000256. The maximum Gasteiger partial charge on any atom is 0.225 e. The van der Waals surface area contributed by atoms with Crippen molar-refractivity contribution in [2.24, 2.45) is 5.73 Å². The number of carbonyl (C=O) groups is 1. The van der Waals surface area contributed by atoms with Crippen molar-refractivity contribution in [3.63, 3.8) is 0 Å². The van der Waals surface area contributed by atoms with Crippen LogP contribution in [0.4, 0.5) is 5.69 Å². The number of carbonyl (C=O) groups excluding carboxylic acids is 1. The van der Waals surface area contributed by atoms with Crippen LogP contribution in [-0.4, -0.2) is 19.1 Å². The summed E-state index contributed by atoms with van der Waals surface area (Å²) in [5, 5.41) is 2.79. The SMILES string of the molecule is CCOCc1cccc(NC(=O)CCN)c1.Cl. The van der Waals surface area contributed by atoms with E-state index < -0.39 is 0 Å². The molecular weight excluding hydrogens is 240 g/mol. The molecule has 0 bridgehead atoms. The van der Waals surface area contributed by atoms with E-state index >= 15 is 0 Å². The Kier molecular flexibility index (Phi) is 8.40. The van der Waals surface area contributed by atoms with Gasteiger partial charge < -0.3 is 15.8 Å². The zero-order chi connectivity index (χ0) is 11.8. The highest BCUT2D eigenvalue weighted by Crippen LogP contribution is 2.11. The molecule has 0 radical (unpaired) electrons. The summed E-state index contributed by atoms with van der Waals surface area (Å²) in [7, 11) is 0. The normalized spacial score (nSPS) is 9.53. The largest absolute Gasteiger partial charge is 0.377 e. The summed E-state index contributed by atoms with van der Waals surface area (Å²) in [6.45, 7) is 3.57. The molecule has 0 spiro atoms. The minimum absolute atomic E-state index is 0. The van der Waals surface area contributed by atoms with Gasteiger partial charge in [-0.3, -0.25) is 4.79 Å². The number of nitrogens with two attached hydrogens (primary N) is 1. The minimum atomic E-state index is -0.0592. The number of halogens is 1. The third-order valence-electron chi connectivity index (χ3n) is 2.05. The van der Waals surface area contributed by atoms with Gasteiger partial charge in [-0.1, -0.05) is 12.1 Å². The number of hydrogen-bond donors (Lipinski definition) is 2. The van der Waals surface area contributed by atoms with Gasteiger partial charge in [0, 0.05) is 25.3 Å². The molecule has 0 aliphatic carbocycles. The standard InChI is InChI=1S/C12H18N2O2.ClH/c1-2-16-9-10-4-3-5-11(8-10)14-12(15)6-7-13;/h3-5,8H,2,6-7,9,13H2,1H3,(H,14,15);1H. The van der Waals surface area contributed by atoms with Gasteiger partial charge in [-0.2, -0.15) is 0 Å². The minimum Gasteiger partial charge on any atom is -0.377 e. The van der Waals surface area contributed by atoms with Gasteiger partial charge in [-0.05, 0) is 24.6 Å². The summed E-state index contributed by atoms with van der Waals surface area (Å²) in [6, 6.07) is 7.62. The fourth-order valence-electron chi connectivity index (χ4n) is 1.31. The monoisotopic (exact) mass is 258 g/mol. The molecule has 17 heavy (non-hydrogen) atoms. The molecule has 4 nitrogen and oxygen atoms in total. The van der Waals surface area contributed by atoms with Crippen LogP contribution in [0, 0.1) is 0 Å². The van der Waals surface area contributed by atoms with Crippen LogP contribution in [0.1, 0.15) is 18.9 Å². The van der Waals surface area contributed by atoms with Gasteiger partial charge in [0.05, 0.1) is 6.61 Å². The molecule has 0 aliphatic rings. The van der Waals surface area contributed by atoms with Crippen molar-refractivity contribution in [2.75, 3.05) is 18.5 Å². The molecule has 96 valence electrons. The average Bonchev–Trinajstić information content (AvgIpc) is 2.27. The molecule has 0 saturated carbocycles. The molecule has 0 aliphatic heterocycles. The molecule has 0 unspecified atom stereocenters. The average molecular weight is 259 g/mol. The molecule has 1 aromatic carbocycles. The molecule has 0 heterocycles. The van der Waals surface area contributed by atoms with Crippen LogP contribution in [0.2, 0.25) is 0 Å². The first-order valence-corrected chi connectivity index (χ1v) is 5.43. The van der Waals surface area contributed by atoms with Crippen molar-refractivity contribution in [1.82, 2.24) is 0 Å². The van der Waals surface area contributed by atoms with Crippen molar-refractivity contribution in [3.05, 3.63) is 29.8 Å². The van der Waals surface area contributed by atoms with Crippen LogP contribution in [-0.2, 0) is 16.1 Å². The number of ether oxygens (including phenoxy) is 1. The fraction of sp³-hybridized carbons (Fsp3) is 0.417. The van der Waals surface area contributed by atoms with Gasteiger partial charge in [0.1, 0.15) is 0 Å². The molecule has 5 heteroatoms. The number of benzene rings is 1. The summed E-state index contributed by atoms with van der Waals surface area (Å²) < 4.78 is 5.29. The molecule has 0 aromatic heterocycles. The molecule has 0 saturated heterocycles. The fourth-order valence-corrected chi connectivity index (χ4v) is 1.31.